The van der Waals surface area contributed by atoms with Crippen LogP contribution in [0.4, 0.5) is 0 Å². The van der Waals surface area contributed by atoms with E-state index in [9.17, 15) is 9.59 Å². The van der Waals surface area contributed by atoms with Crippen molar-refractivity contribution in [2.24, 2.45) is 0 Å². The van der Waals surface area contributed by atoms with Gasteiger partial charge in [-0.3, -0.25) is 9.78 Å². The Kier molecular flexibility index (Phi) is 4.21. The molecule has 7 nitrogen and oxygen atoms in total. The van der Waals surface area contributed by atoms with Crippen LogP contribution in [0.15, 0.2) is 20.1 Å². The molecule has 0 radical (unpaired) electrons. The van der Waals surface area contributed by atoms with Crippen LogP contribution in [0, 0.1) is 0 Å². The van der Waals surface area contributed by atoms with E-state index < -0.39 is 5.63 Å². The van der Waals surface area contributed by atoms with Crippen molar-refractivity contribution in [3.8, 4) is 6.01 Å². The number of H-pyrrole nitrogens is 1. The molecule has 23 heavy (non-hydrogen) atoms. The van der Waals surface area contributed by atoms with Gasteiger partial charge >= 0.3 is 11.6 Å². The highest BCUT2D eigenvalue weighted by molar-refractivity contribution is 5.75. The van der Waals surface area contributed by atoms with Gasteiger partial charge < -0.3 is 9.25 Å². The molecule has 2 aromatic heterocycles. The maximum Gasteiger partial charge on any atom is 0.337 e. The summed E-state index contributed by atoms with van der Waals surface area (Å²) in [5.74, 6) is 0. The van der Waals surface area contributed by atoms with Crippen LogP contribution in [0.3, 0.4) is 0 Å². The Morgan fingerprint density at radius 1 is 1.43 bits per heavy atom. The van der Waals surface area contributed by atoms with E-state index in [2.05, 4.69) is 22.4 Å². The van der Waals surface area contributed by atoms with Crippen molar-refractivity contribution < 1.29 is 9.25 Å². The number of unbranched alkanes of at least 4 members (excludes halogenated alkanes) is 1. The summed E-state index contributed by atoms with van der Waals surface area (Å²) >= 11 is 0. The molecule has 7 heteroatoms. The van der Waals surface area contributed by atoms with E-state index in [0.717, 1.165) is 32.1 Å². The topological polar surface area (TPSA) is 97.2 Å². The molecule has 3 rings (SSSR count). The zero-order valence-electron chi connectivity index (χ0n) is 13.4. The molecule has 0 spiro atoms. The van der Waals surface area contributed by atoms with Crippen LogP contribution < -0.4 is 21.5 Å². The van der Waals surface area contributed by atoms with Crippen molar-refractivity contribution in [3.05, 3.63) is 32.4 Å². The molecule has 1 aliphatic rings. The van der Waals surface area contributed by atoms with Gasteiger partial charge in [0.1, 0.15) is 5.39 Å². The predicted molar refractivity (Wildman–Crippen MR) is 85.5 cm³/mol. The van der Waals surface area contributed by atoms with Gasteiger partial charge in [0.05, 0.1) is 5.54 Å². The number of nitrogens with zero attached hydrogens (tertiary/aromatic N) is 1. The fraction of sp³-hybridized carbons (Fsp3) is 0.562. The molecule has 124 valence electrons. The molecule has 1 fully saturated rings. The van der Waals surface area contributed by atoms with Gasteiger partial charge in [0.2, 0.25) is 5.71 Å². The predicted octanol–water partition coefficient (Wildman–Crippen LogP) is 2.04. The number of hydrogen-bond donors (Lipinski definition) is 2. The van der Waals surface area contributed by atoms with Gasteiger partial charge in [-0.2, -0.15) is 4.98 Å². The van der Waals surface area contributed by atoms with Crippen molar-refractivity contribution >= 4 is 11.1 Å². The molecule has 0 aliphatic heterocycles. The highest BCUT2D eigenvalue weighted by Gasteiger charge is 2.32. The van der Waals surface area contributed by atoms with Crippen LogP contribution in [0.25, 0.3) is 11.1 Å². The number of hydrogen-bond acceptors (Lipinski definition) is 6. The van der Waals surface area contributed by atoms with Gasteiger partial charge in [-0.05, 0) is 44.6 Å². The van der Waals surface area contributed by atoms with Crippen molar-refractivity contribution in [1.29, 1.82) is 0 Å². The van der Waals surface area contributed by atoms with E-state index in [0.29, 0.717) is 17.4 Å². The van der Waals surface area contributed by atoms with E-state index in [4.69, 9.17) is 9.25 Å². The standard InChI is InChI=1S/C16H21N3O4/c1-3-4-6-10-9-11(20)22-14-12(10)13(21)17-15(18-14)23-19-16(2)7-5-8-16/h9,19H,3-8H2,1-2H3,(H,17,18,21). The third-order valence-corrected chi connectivity index (χ3v) is 4.33. The largest absolute Gasteiger partial charge is 0.403 e. The van der Waals surface area contributed by atoms with Crippen LogP contribution in [0.5, 0.6) is 6.01 Å². The first kappa shape index (κ1) is 15.7. The van der Waals surface area contributed by atoms with Gasteiger partial charge in [-0.15, -0.1) is 5.48 Å². The summed E-state index contributed by atoms with van der Waals surface area (Å²) in [6.07, 6.45) is 5.64. The van der Waals surface area contributed by atoms with E-state index in [-0.39, 0.29) is 22.8 Å². The van der Waals surface area contributed by atoms with Gasteiger partial charge in [-0.1, -0.05) is 13.3 Å². The van der Waals surface area contributed by atoms with Crippen LogP contribution >= 0.6 is 0 Å². The number of aromatic nitrogens is 2. The lowest BCUT2D eigenvalue weighted by Gasteiger charge is -2.37. The molecule has 0 amide bonds. The number of rotatable bonds is 6. The molecule has 0 atom stereocenters. The third kappa shape index (κ3) is 3.29. The quantitative estimate of drug-likeness (QED) is 0.791. The molecule has 2 aromatic rings. The number of hydroxylamine groups is 1. The normalized spacial score (nSPS) is 16.3. The minimum absolute atomic E-state index is 0.00594. The Hall–Kier alpha value is -2.15. The molecule has 1 aliphatic carbocycles. The van der Waals surface area contributed by atoms with Crippen molar-refractivity contribution in [1.82, 2.24) is 15.4 Å². The summed E-state index contributed by atoms with van der Waals surface area (Å²) < 4.78 is 5.08. The van der Waals surface area contributed by atoms with Gasteiger partial charge in [0, 0.05) is 6.07 Å². The number of nitrogens with one attached hydrogen (secondary N) is 2. The first-order valence-electron chi connectivity index (χ1n) is 8.02. The summed E-state index contributed by atoms with van der Waals surface area (Å²) in [6, 6.07) is 1.37. The smallest absolute Gasteiger partial charge is 0.337 e. The molecule has 2 N–H and O–H groups in total. The number of aromatic amines is 1. The second kappa shape index (κ2) is 6.16. The zero-order chi connectivity index (χ0) is 16.4. The lowest BCUT2D eigenvalue weighted by Crippen LogP contribution is -2.50. The minimum atomic E-state index is -0.508. The van der Waals surface area contributed by atoms with Gasteiger partial charge in [-0.25, -0.2) is 4.79 Å². The first-order valence-corrected chi connectivity index (χ1v) is 8.02. The van der Waals surface area contributed by atoms with Crippen molar-refractivity contribution in [3.63, 3.8) is 0 Å². The fourth-order valence-electron chi connectivity index (χ4n) is 2.72. The Morgan fingerprint density at radius 3 is 2.87 bits per heavy atom. The number of aryl methyl sites for hydroxylation is 1. The summed E-state index contributed by atoms with van der Waals surface area (Å²) in [7, 11) is 0. The molecule has 2 heterocycles. The van der Waals surface area contributed by atoms with Gasteiger partial charge in [0.15, 0.2) is 0 Å². The van der Waals surface area contributed by atoms with E-state index in [1.165, 1.54) is 6.07 Å². The highest BCUT2D eigenvalue weighted by atomic mass is 16.7. The maximum atomic E-state index is 12.3. The Bertz CT molecular complexity index is 820. The lowest BCUT2D eigenvalue weighted by molar-refractivity contribution is 0.0376. The number of fused-ring (bicyclic) bond motifs is 1. The zero-order valence-corrected chi connectivity index (χ0v) is 13.4. The lowest BCUT2D eigenvalue weighted by atomic mass is 9.79. The third-order valence-electron chi connectivity index (χ3n) is 4.33. The van der Waals surface area contributed by atoms with E-state index in [1.54, 1.807) is 0 Å². The first-order chi connectivity index (χ1) is 11.0. The molecule has 0 bridgehead atoms. The Labute approximate surface area is 133 Å². The molecule has 0 aromatic carbocycles. The monoisotopic (exact) mass is 319 g/mol. The summed E-state index contributed by atoms with van der Waals surface area (Å²) in [4.78, 5) is 36.1. The average Bonchev–Trinajstić information content (AvgIpc) is 2.48. The highest BCUT2D eigenvalue weighted by Crippen LogP contribution is 2.30. The summed E-state index contributed by atoms with van der Waals surface area (Å²) in [5.41, 5.74) is 2.63. The minimum Gasteiger partial charge on any atom is -0.403 e. The SMILES string of the molecule is CCCCc1cc(=O)oc2nc(ONC3(C)CCC3)[nH]c(=O)c12. The second-order valence-electron chi connectivity index (χ2n) is 6.36. The van der Waals surface area contributed by atoms with Crippen LogP contribution in [-0.2, 0) is 6.42 Å². The molecule has 0 saturated heterocycles. The molecular weight excluding hydrogens is 298 g/mol. The van der Waals surface area contributed by atoms with Crippen LogP contribution in [0.1, 0.15) is 51.5 Å². The van der Waals surface area contributed by atoms with Gasteiger partial charge in [0.25, 0.3) is 5.56 Å². The molecular formula is C16H21N3O4. The average molecular weight is 319 g/mol. The van der Waals surface area contributed by atoms with E-state index >= 15 is 0 Å². The van der Waals surface area contributed by atoms with Crippen molar-refractivity contribution in [2.45, 2.75) is 57.9 Å². The Balaban J connectivity index is 1.94. The van der Waals surface area contributed by atoms with Crippen LogP contribution in [-0.4, -0.2) is 15.5 Å². The Morgan fingerprint density at radius 2 is 2.22 bits per heavy atom. The van der Waals surface area contributed by atoms with Crippen molar-refractivity contribution in [2.75, 3.05) is 0 Å². The second-order valence-corrected chi connectivity index (χ2v) is 6.36. The molecule has 0 unspecified atom stereocenters. The maximum absolute atomic E-state index is 12.3. The molecule has 1 saturated carbocycles. The fourth-order valence-corrected chi connectivity index (χ4v) is 2.72. The van der Waals surface area contributed by atoms with Crippen LogP contribution in [0.2, 0.25) is 0 Å². The van der Waals surface area contributed by atoms with E-state index in [1.807, 2.05) is 6.92 Å². The summed E-state index contributed by atoms with van der Waals surface area (Å²) in [6.45, 7) is 4.09. The summed E-state index contributed by atoms with van der Waals surface area (Å²) in [5, 5.41) is 0.320.